The highest BCUT2D eigenvalue weighted by atomic mass is 16.5. The predicted octanol–water partition coefficient (Wildman–Crippen LogP) is 2.74. The van der Waals surface area contributed by atoms with Crippen molar-refractivity contribution in [3.63, 3.8) is 0 Å². The van der Waals surface area contributed by atoms with E-state index < -0.39 is 0 Å². The van der Waals surface area contributed by atoms with Gasteiger partial charge in [0.15, 0.2) is 0 Å². The number of aliphatic hydroxyl groups is 2. The third kappa shape index (κ3) is 17.2. The van der Waals surface area contributed by atoms with E-state index in [1.54, 1.807) is 0 Å². The zero-order chi connectivity index (χ0) is 17.9. The van der Waals surface area contributed by atoms with Gasteiger partial charge in [-0.15, -0.1) is 0 Å². The molecule has 0 fully saturated rings. The Morgan fingerprint density at radius 1 is 0.542 bits per heavy atom. The number of esters is 2. The fraction of sp³-hybridized carbons (Fsp3) is 0.889. The molecule has 0 atom stereocenters. The molecule has 6 heteroatoms. The van der Waals surface area contributed by atoms with E-state index >= 15 is 0 Å². The maximum atomic E-state index is 11.4. The molecule has 0 radical (unpaired) electrons. The average molecular weight is 346 g/mol. The van der Waals surface area contributed by atoms with Crippen molar-refractivity contribution in [2.45, 2.75) is 77.0 Å². The van der Waals surface area contributed by atoms with E-state index in [-0.39, 0.29) is 25.2 Å². The first-order valence-electron chi connectivity index (χ1n) is 9.23. The van der Waals surface area contributed by atoms with Crippen LogP contribution in [-0.4, -0.2) is 48.6 Å². The Labute approximate surface area is 145 Å². The highest BCUT2D eigenvalue weighted by molar-refractivity contribution is 5.69. The molecule has 142 valence electrons. The Kier molecular flexibility index (Phi) is 17.3. The molecule has 0 bridgehead atoms. The van der Waals surface area contributed by atoms with Crippen LogP contribution in [0.2, 0.25) is 0 Å². The standard InChI is InChI=1S/C18H34O6/c19-13-7-3-9-15-23-17(21)11-5-1-2-6-12-18(22)24-16-10-4-8-14-20/h19-20H,1-16H2. The number of aliphatic hydroxyl groups excluding tert-OH is 2. The van der Waals surface area contributed by atoms with Crippen LogP contribution in [0.1, 0.15) is 77.0 Å². The summed E-state index contributed by atoms with van der Waals surface area (Å²) >= 11 is 0. The number of carbonyl (C=O) groups excluding carboxylic acids is 2. The number of rotatable bonds is 17. The van der Waals surface area contributed by atoms with Crippen molar-refractivity contribution >= 4 is 11.9 Å². The van der Waals surface area contributed by atoms with Crippen LogP contribution < -0.4 is 0 Å². The maximum Gasteiger partial charge on any atom is 0.305 e. The molecule has 0 saturated heterocycles. The van der Waals surface area contributed by atoms with Crippen molar-refractivity contribution in [1.82, 2.24) is 0 Å². The summed E-state index contributed by atoms with van der Waals surface area (Å²) < 4.78 is 10.2. The second-order valence-corrected chi connectivity index (χ2v) is 5.92. The van der Waals surface area contributed by atoms with E-state index in [0.717, 1.165) is 64.2 Å². The molecule has 6 nitrogen and oxygen atoms in total. The van der Waals surface area contributed by atoms with Crippen LogP contribution in [0, 0.1) is 0 Å². The van der Waals surface area contributed by atoms with Gasteiger partial charge in [0, 0.05) is 26.1 Å². The summed E-state index contributed by atoms with van der Waals surface area (Å²) in [4.78, 5) is 22.9. The van der Waals surface area contributed by atoms with Crippen molar-refractivity contribution < 1.29 is 29.3 Å². The molecule has 0 aliphatic rings. The second kappa shape index (κ2) is 18.2. The van der Waals surface area contributed by atoms with E-state index in [0.29, 0.717) is 26.1 Å². The van der Waals surface area contributed by atoms with Gasteiger partial charge in [0.05, 0.1) is 13.2 Å². The first-order valence-corrected chi connectivity index (χ1v) is 9.23. The molecule has 0 amide bonds. The van der Waals surface area contributed by atoms with Gasteiger partial charge in [0.25, 0.3) is 0 Å². The fourth-order valence-corrected chi connectivity index (χ4v) is 2.19. The van der Waals surface area contributed by atoms with Crippen molar-refractivity contribution in [3.8, 4) is 0 Å². The van der Waals surface area contributed by atoms with Gasteiger partial charge < -0.3 is 19.7 Å². The molecule has 0 aromatic heterocycles. The molecule has 0 unspecified atom stereocenters. The Hall–Kier alpha value is -1.14. The number of carbonyl (C=O) groups is 2. The largest absolute Gasteiger partial charge is 0.466 e. The van der Waals surface area contributed by atoms with Gasteiger partial charge in [0.1, 0.15) is 0 Å². The minimum absolute atomic E-state index is 0.165. The smallest absolute Gasteiger partial charge is 0.305 e. The Morgan fingerprint density at radius 3 is 1.29 bits per heavy atom. The maximum absolute atomic E-state index is 11.4. The van der Waals surface area contributed by atoms with Gasteiger partial charge in [-0.1, -0.05) is 12.8 Å². The normalized spacial score (nSPS) is 10.6. The minimum Gasteiger partial charge on any atom is -0.466 e. The lowest BCUT2D eigenvalue weighted by molar-refractivity contribution is -0.145. The van der Waals surface area contributed by atoms with E-state index in [2.05, 4.69) is 0 Å². The van der Waals surface area contributed by atoms with Gasteiger partial charge in [-0.05, 0) is 51.4 Å². The number of hydrogen-bond acceptors (Lipinski definition) is 6. The number of hydrogen-bond donors (Lipinski definition) is 2. The van der Waals surface area contributed by atoms with Crippen LogP contribution in [-0.2, 0) is 19.1 Å². The summed E-state index contributed by atoms with van der Waals surface area (Å²) in [6.07, 6.45) is 9.09. The van der Waals surface area contributed by atoms with Crippen LogP contribution in [0.4, 0.5) is 0 Å². The van der Waals surface area contributed by atoms with Crippen LogP contribution >= 0.6 is 0 Å². The van der Waals surface area contributed by atoms with Crippen LogP contribution in [0.25, 0.3) is 0 Å². The monoisotopic (exact) mass is 346 g/mol. The lowest BCUT2D eigenvalue weighted by Gasteiger charge is -2.05. The van der Waals surface area contributed by atoms with Gasteiger partial charge in [0.2, 0.25) is 0 Å². The molecule has 0 aliphatic carbocycles. The Bertz CT molecular complexity index is 276. The lowest BCUT2D eigenvalue weighted by Crippen LogP contribution is -2.06. The van der Waals surface area contributed by atoms with Crippen LogP contribution in [0.3, 0.4) is 0 Å². The molecule has 0 aromatic carbocycles. The average Bonchev–Trinajstić information content (AvgIpc) is 2.57. The van der Waals surface area contributed by atoms with Crippen LogP contribution in [0.5, 0.6) is 0 Å². The van der Waals surface area contributed by atoms with Crippen molar-refractivity contribution in [2.24, 2.45) is 0 Å². The lowest BCUT2D eigenvalue weighted by atomic mass is 10.1. The molecular formula is C18H34O6. The molecule has 0 saturated carbocycles. The molecule has 0 rings (SSSR count). The first-order chi connectivity index (χ1) is 11.7. The SMILES string of the molecule is O=C(CCCCCCC(=O)OCCCCCO)OCCCCCO. The zero-order valence-corrected chi connectivity index (χ0v) is 14.8. The first kappa shape index (κ1) is 22.9. The molecule has 0 aliphatic heterocycles. The van der Waals surface area contributed by atoms with Gasteiger partial charge in [-0.2, -0.15) is 0 Å². The number of unbranched alkanes of at least 4 members (excludes halogenated alkanes) is 7. The van der Waals surface area contributed by atoms with Crippen molar-refractivity contribution in [3.05, 3.63) is 0 Å². The topological polar surface area (TPSA) is 93.1 Å². The summed E-state index contributed by atoms with van der Waals surface area (Å²) in [5, 5.41) is 17.2. The van der Waals surface area contributed by atoms with Gasteiger partial charge >= 0.3 is 11.9 Å². The Balaban J connectivity index is 3.28. The highest BCUT2D eigenvalue weighted by Gasteiger charge is 2.04. The second-order valence-electron chi connectivity index (χ2n) is 5.92. The Morgan fingerprint density at radius 2 is 0.917 bits per heavy atom. The van der Waals surface area contributed by atoms with E-state index in [4.69, 9.17) is 19.7 Å². The van der Waals surface area contributed by atoms with E-state index in [9.17, 15) is 9.59 Å². The quantitative estimate of drug-likeness (QED) is 0.311. The van der Waals surface area contributed by atoms with Crippen molar-refractivity contribution in [2.75, 3.05) is 26.4 Å². The highest BCUT2D eigenvalue weighted by Crippen LogP contribution is 2.08. The van der Waals surface area contributed by atoms with Crippen LogP contribution in [0.15, 0.2) is 0 Å². The molecule has 0 spiro atoms. The summed E-state index contributed by atoms with van der Waals surface area (Å²) in [6.45, 7) is 1.24. The summed E-state index contributed by atoms with van der Waals surface area (Å²) in [5.41, 5.74) is 0. The number of ether oxygens (including phenoxy) is 2. The van der Waals surface area contributed by atoms with Crippen molar-refractivity contribution in [1.29, 1.82) is 0 Å². The van der Waals surface area contributed by atoms with Gasteiger partial charge in [-0.3, -0.25) is 9.59 Å². The molecular weight excluding hydrogens is 312 g/mol. The fourth-order valence-electron chi connectivity index (χ4n) is 2.19. The molecule has 24 heavy (non-hydrogen) atoms. The summed E-state index contributed by atoms with van der Waals surface area (Å²) in [6, 6.07) is 0. The molecule has 0 heterocycles. The van der Waals surface area contributed by atoms with E-state index in [1.165, 1.54) is 0 Å². The predicted molar refractivity (Wildman–Crippen MR) is 91.5 cm³/mol. The molecule has 2 N–H and O–H groups in total. The summed E-state index contributed by atoms with van der Waals surface area (Å²) in [5.74, 6) is -0.331. The zero-order valence-electron chi connectivity index (χ0n) is 14.8. The van der Waals surface area contributed by atoms with E-state index in [1.807, 2.05) is 0 Å². The molecule has 0 aromatic rings. The summed E-state index contributed by atoms with van der Waals surface area (Å²) in [7, 11) is 0. The third-order valence-electron chi connectivity index (χ3n) is 3.64. The third-order valence-corrected chi connectivity index (χ3v) is 3.64. The minimum atomic E-state index is -0.165. The van der Waals surface area contributed by atoms with Gasteiger partial charge in [-0.25, -0.2) is 0 Å².